The number of amidine groups is 1. The highest BCUT2D eigenvalue weighted by Crippen LogP contribution is 2.22. The summed E-state index contributed by atoms with van der Waals surface area (Å²) in [6.07, 6.45) is 3.26. The maximum absolute atomic E-state index is 8.69. The van der Waals surface area contributed by atoms with E-state index in [0.29, 0.717) is 11.0 Å². The molecule has 2 aromatic heterocycles. The average Bonchev–Trinajstić information content (AvgIpc) is 2.94. The molecule has 0 saturated carbocycles. The van der Waals surface area contributed by atoms with Crippen LogP contribution in [-0.4, -0.2) is 30.0 Å². The van der Waals surface area contributed by atoms with E-state index in [1.165, 1.54) is 11.5 Å². The SMILES string of the molecule is CC(C)(C)c1nsc(-n2ccnc2C(N)=NO)n1. The first kappa shape index (κ1) is 12.5. The molecule has 2 rings (SSSR count). The fourth-order valence-corrected chi connectivity index (χ4v) is 2.16. The molecule has 0 unspecified atom stereocenters. The molecule has 0 saturated heterocycles. The van der Waals surface area contributed by atoms with E-state index in [9.17, 15) is 0 Å². The summed E-state index contributed by atoms with van der Waals surface area (Å²) in [5.74, 6) is 1.03. The van der Waals surface area contributed by atoms with E-state index in [-0.39, 0.29) is 11.3 Å². The highest BCUT2D eigenvalue weighted by atomic mass is 32.1. The van der Waals surface area contributed by atoms with E-state index in [0.717, 1.165) is 5.82 Å². The Balaban J connectivity index is 2.44. The van der Waals surface area contributed by atoms with Crippen LogP contribution in [0.25, 0.3) is 5.13 Å². The summed E-state index contributed by atoms with van der Waals surface area (Å²) < 4.78 is 5.95. The zero-order chi connectivity index (χ0) is 13.3. The predicted octanol–water partition coefficient (Wildman–Crippen LogP) is 1.12. The van der Waals surface area contributed by atoms with Crippen LogP contribution in [0.15, 0.2) is 17.5 Å². The molecule has 0 aliphatic heterocycles. The van der Waals surface area contributed by atoms with Crippen molar-refractivity contribution in [3.8, 4) is 5.13 Å². The van der Waals surface area contributed by atoms with Gasteiger partial charge in [0.1, 0.15) is 5.82 Å². The van der Waals surface area contributed by atoms with E-state index in [2.05, 4.69) is 19.5 Å². The molecule has 7 nitrogen and oxygen atoms in total. The molecule has 0 fully saturated rings. The zero-order valence-corrected chi connectivity index (χ0v) is 11.1. The summed E-state index contributed by atoms with van der Waals surface area (Å²) in [7, 11) is 0. The summed E-state index contributed by atoms with van der Waals surface area (Å²) in [6.45, 7) is 6.12. The molecule has 96 valence electrons. The van der Waals surface area contributed by atoms with Crippen molar-refractivity contribution in [2.45, 2.75) is 26.2 Å². The number of nitrogens with two attached hydrogens (primary N) is 1. The van der Waals surface area contributed by atoms with Crippen molar-refractivity contribution >= 4 is 17.4 Å². The van der Waals surface area contributed by atoms with Gasteiger partial charge < -0.3 is 10.9 Å². The number of hydrogen-bond donors (Lipinski definition) is 2. The second-order valence-electron chi connectivity index (χ2n) is 4.76. The third-order valence-corrected chi connectivity index (χ3v) is 2.99. The highest BCUT2D eigenvalue weighted by Gasteiger charge is 2.21. The van der Waals surface area contributed by atoms with Crippen LogP contribution in [0.1, 0.15) is 32.4 Å². The highest BCUT2D eigenvalue weighted by molar-refractivity contribution is 7.08. The Labute approximate surface area is 108 Å². The molecule has 18 heavy (non-hydrogen) atoms. The molecule has 0 aliphatic rings. The van der Waals surface area contributed by atoms with E-state index < -0.39 is 0 Å². The van der Waals surface area contributed by atoms with E-state index in [1.54, 1.807) is 17.0 Å². The van der Waals surface area contributed by atoms with Gasteiger partial charge in [-0.05, 0) is 0 Å². The number of rotatable bonds is 2. The van der Waals surface area contributed by atoms with Crippen LogP contribution < -0.4 is 5.73 Å². The average molecular weight is 266 g/mol. The van der Waals surface area contributed by atoms with Crippen molar-refractivity contribution in [3.05, 3.63) is 24.0 Å². The van der Waals surface area contributed by atoms with Gasteiger partial charge in [-0.25, -0.2) is 9.97 Å². The Bertz CT molecular complexity index is 579. The van der Waals surface area contributed by atoms with Crippen LogP contribution in [0.3, 0.4) is 0 Å². The zero-order valence-electron chi connectivity index (χ0n) is 10.3. The third kappa shape index (κ3) is 2.19. The Morgan fingerprint density at radius 1 is 1.50 bits per heavy atom. The van der Waals surface area contributed by atoms with Crippen LogP contribution in [0.4, 0.5) is 0 Å². The molecule has 0 atom stereocenters. The lowest BCUT2D eigenvalue weighted by Gasteiger charge is -2.12. The third-order valence-electron chi connectivity index (χ3n) is 2.27. The summed E-state index contributed by atoms with van der Waals surface area (Å²) in [5.41, 5.74) is 5.42. The van der Waals surface area contributed by atoms with E-state index in [1.807, 2.05) is 20.8 Å². The lowest BCUT2D eigenvalue weighted by molar-refractivity contribution is 0.318. The Morgan fingerprint density at radius 3 is 2.78 bits per heavy atom. The molecule has 0 spiro atoms. The van der Waals surface area contributed by atoms with Crippen molar-refractivity contribution in [2.75, 3.05) is 0 Å². The van der Waals surface area contributed by atoms with Crippen molar-refractivity contribution < 1.29 is 5.21 Å². The molecular weight excluding hydrogens is 252 g/mol. The number of aromatic nitrogens is 4. The second kappa shape index (κ2) is 4.37. The fraction of sp³-hybridized carbons (Fsp3) is 0.400. The van der Waals surface area contributed by atoms with Gasteiger partial charge in [-0.15, -0.1) is 0 Å². The molecule has 2 heterocycles. The van der Waals surface area contributed by atoms with Gasteiger partial charge in [0.25, 0.3) is 0 Å². The van der Waals surface area contributed by atoms with Crippen LogP contribution in [-0.2, 0) is 5.41 Å². The Hall–Kier alpha value is -1.96. The van der Waals surface area contributed by atoms with Gasteiger partial charge in [0.15, 0.2) is 5.82 Å². The molecule has 2 aromatic rings. The first-order valence-corrected chi connectivity index (χ1v) is 6.06. The van der Waals surface area contributed by atoms with Gasteiger partial charge in [-0.1, -0.05) is 25.9 Å². The maximum Gasteiger partial charge on any atom is 0.215 e. The predicted molar refractivity (Wildman–Crippen MR) is 68.2 cm³/mol. The maximum atomic E-state index is 8.69. The minimum absolute atomic E-state index is 0.0625. The van der Waals surface area contributed by atoms with Gasteiger partial charge in [0.2, 0.25) is 11.0 Å². The summed E-state index contributed by atoms with van der Waals surface area (Å²) in [5, 5.41) is 12.3. The number of oxime groups is 1. The monoisotopic (exact) mass is 266 g/mol. The van der Waals surface area contributed by atoms with Crippen LogP contribution in [0.2, 0.25) is 0 Å². The first-order chi connectivity index (χ1) is 8.43. The van der Waals surface area contributed by atoms with Gasteiger partial charge in [-0.3, -0.25) is 4.57 Å². The molecule has 8 heteroatoms. The second-order valence-corrected chi connectivity index (χ2v) is 5.49. The molecule has 0 amide bonds. The van der Waals surface area contributed by atoms with Crippen molar-refractivity contribution in [1.82, 2.24) is 18.9 Å². The molecule has 0 radical (unpaired) electrons. The molecular formula is C10H14N6OS. The fourth-order valence-electron chi connectivity index (χ4n) is 1.31. The van der Waals surface area contributed by atoms with Gasteiger partial charge >= 0.3 is 0 Å². The summed E-state index contributed by atoms with van der Waals surface area (Å²) >= 11 is 1.25. The lowest BCUT2D eigenvalue weighted by atomic mass is 9.96. The van der Waals surface area contributed by atoms with Crippen molar-refractivity contribution in [2.24, 2.45) is 10.9 Å². The standard InChI is InChI=1S/C10H14N6OS/c1-10(2,3)8-13-9(18-15-8)16-5-4-12-7(16)6(11)14-17/h4-5,17H,1-3H3,(H2,11,14). The van der Waals surface area contributed by atoms with Gasteiger partial charge in [0, 0.05) is 29.3 Å². The van der Waals surface area contributed by atoms with Crippen LogP contribution >= 0.6 is 11.5 Å². The Kier molecular flexibility index (Phi) is 3.04. The van der Waals surface area contributed by atoms with E-state index in [4.69, 9.17) is 10.9 Å². The lowest BCUT2D eigenvalue weighted by Crippen LogP contribution is -2.19. The number of hydrogen-bond acceptors (Lipinski definition) is 6. The van der Waals surface area contributed by atoms with Crippen molar-refractivity contribution in [1.29, 1.82) is 0 Å². The normalized spacial score (nSPS) is 12.9. The smallest absolute Gasteiger partial charge is 0.215 e. The van der Waals surface area contributed by atoms with Crippen LogP contribution in [0.5, 0.6) is 0 Å². The van der Waals surface area contributed by atoms with Gasteiger partial charge in [-0.2, -0.15) is 4.37 Å². The number of nitrogens with zero attached hydrogens (tertiary/aromatic N) is 5. The molecule has 3 N–H and O–H groups in total. The quantitative estimate of drug-likeness (QED) is 0.367. The Morgan fingerprint density at radius 2 is 2.22 bits per heavy atom. The largest absolute Gasteiger partial charge is 0.409 e. The summed E-state index contributed by atoms with van der Waals surface area (Å²) in [4.78, 5) is 8.46. The van der Waals surface area contributed by atoms with Crippen LogP contribution in [0, 0.1) is 0 Å². The minimum atomic E-state index is -0.119. The minimum Gasteiger partial charge on any atom is -0.409 e. The number of imidazole rings is 1. The van der Waals surface area contributed by atoms with Crippen molar-refractivity contribution in [3.63, 3.8) is 0 Å². The molecule has 0 aromatic carbocycles. The summed E-state index contributed by atoms with van der Waals surface area (Å²) in [6, 6.07) is 0. The molecule has 0 bridgehead atoms. The first-order valence-electron chi connectivity index (χ1n) is 5.29. The topological polar surface area (TPSA) is 102 Å². The van der Waals surface area contributed by atoms with E-state index >= 15 is 0 Å². The molecule has 0 aliphatic carbocycles. The van der Waals surface area contributed by atoms with Gasteiger partial charge in [0.05, 0.1) is 0 Å².